The van der Waals surface area contributed by atoms with Gasteiger partial charge in [-0.2, -0.15) is 0 Å². The molecule has 0 aromatic carbocycles. The number of amides is 1. The maximum Gasteiger partial charge on any atom is 0.309 e. The highest BCUT2D eigenvalue weighted by Crippen LogP contribution is 2.34. The summed E-state index contributed by atoms with van der Waals surface area (Å²) in [5, 5.41) is 9.27. The van der Waals surface area contributed by atoms with Crippen molar-refractivity contribution >= 4 is 27.8 Å². The summed E-state index contributed by atoms with van der Waals surface area (Å²) in [6.45, 7) is 3.57. The molecule has 0 saturated carbocycles. The number of furan rings is 1. The van der Waals surface area contributed by atoms with Crippen LogP contribution in [-0.4, -0.2) is 47.7 Å². The second kappa shape index (κ2) is 6.65. The highest BCUT2D eigenvalue weighted by molar-refractivity contribution is 9.10. The lowest BCUT2D eigenvalue weighted by Gasteiger charge is -2.35. The molecule has 1 N–H and O–H groups in total. The van der Waals surface area contributed by atoms with Crippen LogP contribution in [0.5, 0.6) is 0 Å². The van der Waals surface area contributed by atoms with E-state index in [0.29, 0.717) is 36.5 Å². The molecule has 2 aliphatic rings. The first-order valence-corrected chi connectivity index (χ1v) is 8.66. The van der Waals surface area contributed by atoms with Gasteiger partial charge in [0.2, 0.25) is 0 Å². The van der Waals surface area contributed by atoms with E-state index in [2.05, 4.69) is 15.9 Å². The van der Waals surface area contributed by atoms with E-state index in [1.54, 1.807) is 11.0 Å². The molecule has 0 spiro atoms. The van der Waals surface area contributed by atoms with E-state index in [1.807, 2.05) is 6.92 Å². The third kappa shape index (κ3) is 3.30. The smallest absolute Gasteiger partial charge is 0.309 e. The molecular formula is C16H20BrNO5. The third-order valence-electron chi connectivity index (χ3n) is 4.83. The Hall–Kier alpha value is -1.34. The molecule has 0 bridgehead atoms. The Morgan fingerprint density at radius 3 is 2.57 bits per heavy atom. The van der Waals surface area contributed by atoms with Crippen molar-refractivity contribution in [3.8, 4) is 0 Å². The Morgan fingerprint density at radius 2 is 2.00 bits per heavy atom. The number of likely N-dealkylation sites (tertiary alicyclic amines) is 1. The monoisotopic (exact) mass is 385 g/mol. The van der Waals surface area contributed by atoms with Crippen molar-refractivity contribution in [3.63, 3.8) is 0 Å². The molecule has 3 heterocycles. The fourth-order valence-electron chi connectivity index (χ4n) is 3.57. The predicted octanol–water partition coefficient (Wildman–Crippen LogP) is 2.69. The molecule has 6 nitrogen and oxygen atoms in total. The van der Waals surface area contributed by atoms with E-state index in [-0.39, 0.29) is 17.9 Å². The van der Waals surface area contributed by atoms with Crippen molar-refractivity contribution in [3.05, 3.63) is 22.1 Å². The number of rotatable bonds is 3. The first-order chi connectivity index (χ1) is 11.0. The number of hydrogen-bond acceptors (Lipinski definition) is 4. The maximum atomic E-state index is 12.5. The molecule has 7 heteroatoms. The van der Waals surface area contributed by atoms with Crippen molar-refractivity contribution in [2.45, 2.75) is 32.3 Å². The van der Waals surface area contributed by atoms with E-state index in [4.69, 9.17) is 9.15 Å². The summed E-state index contributed by atoms with van der Waals surface area (Å²) >= 11 is 3.24. The molecule has 1 aromatic rings. The summed E-state index contributed by atoms with van der Waals surface area (Å²) in [4.78, 5) is 25.6. The average Bonchev–Trinajstić information content (AvgIpc) is 3.13. The highest BCUT2D eigenvalue weighted by Gasteiger charge is 2.41. The zero-order chi connectivity index (χ0) is 16.6. The zero-order valence-corrected chi connectivity index (χ0v) is 14.5. The Morgan fingerprint density at radius 1 is 1.30 bits per heavy atom. The van der Waals surface area contributed by atoms with Gasteiger partial charge in [0.15, 0.2) is 10.4 Å². The van der Waals surface area contributed by atoms with Crippen LogP contribution in [0.25, 0.3) is 0 Å². The summed E-state index contributed by atoms with van der Waals surface area (Å²) in [7, 11) is 0. The number of ether oxygens (including phenoxy) is 1. The summed E-state index contributed by atoms with van der Waals surface area (Å²) in [5.74, 6) is -0.718. The summed E-state index contributed by atoms with van der Waals surface area (Å²) in [6, 6.07) is 1.78. The Kier molecular flexibility index (Phi) is 4.77. The number of carboxylic acid groups (broad SMARTS) is 1. The van der Waals surface area contributed by atoms with Crippen LogP contribution in [-0.2, 0) is 9.53 Å². The predicted molar refractivity (Wildman–Crippen MR) is 85.3 cm³/mol. The number of carbonyl (C=O) groups excluding carboxylic acids is 1. The van der Waals surface area contributed by atoms with Crippen LogP contribution in [0.1, 0.15) is 35.4 Å². The lowest BCUT2D eigenvalue weighted by atomic mass is 9.84. The Labute approximate surface area is 142 Å². The number of carboxylic acids is 1. The van der Waals surface area contributed by atoms with Gasteiger partial charge in [0.25, 0.3) is 5.91 Å². The lowest BCUT2D eigenvalue weighted by molar-refractivity contribution is -0.145. The van der Waals surface area contributed by atoms with Crippen LogP contribution in [0.2, 0.25) is 0 Å². The van der Waals surface area contributed by atoms with E-state index in [0.717, 1.165) is 18.4 Å². The first-order valence-electron chi connectivity index (χ1n) is 7.87. The molecular weight excluding hydrogens is 366 g/mol. The molecule has 1 amide bonds. The fraction of sp³-hybridized carbons (Fsp3) is 0.625. The number of nitrogens with zero attached hydrogens (tertiary/aromatic N) is 1. The highest BCUT2D eigenvalue weighted by atomic mass is 79.9. The van der Waals surface area contributed by atoms with Crippen molar-refractivity contribution in [2.24, 2.45) is 11.8 Å². The second-order valence-electron chi connectivity index (χ2n) is 6.26. The van der Waals surface area contributed by atoms with E-state index in [9.17, 15) is 14.7 Å². The van der Waals surface area contributed by atoms with Gasteiger partial charge >= 0.3 is 5.97 Å². The number of aryl methyl sites for hydroxylation is 1. The Bertz CT molecular complexity index is 606. The topological polar surface area (TPSA) is 80.0 Å². The molecule has 126 valence electrons. The van der Waals surface area contributed by atoms with Crippen LogP contribution in [0.3, 0.4) is 0 Å². The van der Waals surface area contributed by atoms with Gasteiger partial charge in [-0.3, -0.25) is 9.59 Å². The molecule has 2 aliphatic heterocycles. The number of hydrogen-bond donors (Lipinski definition) is 1. The van der Waals surface area contributed by atoms with Crippen LogP contribution in [0.15, 0.2) is 15.2 Å². The van der Waals surface area contributed by atoms with E-state index in [1.165, 1.54) is 0 Å². The van der Waals surface area contributed by atoms with Crippen LogP contribution in [0, 0.1) is 18.8 Å². The van der Waals surface area contributed by atoms with Crippen molar-refractivity contribution < 1.29 is 23.8 Å². The van der Waals surface area contributed by atoms with Gasteiger partial charge in [-0.05, 0) is 54.1 Å². The minimum Gasteiger partial charge on any atom is -0.481 e. The molecule has 1 unspecified atom stereocenters. The molecule has 2 fully saturated rings. The Balaban J connectivity index is 1.61. The van der Waals surface area contributed by atoms with Crippen molar-refractivity contribution in [1.29, 1.82) is 0 Å². The SMILES string of the molecule is Cc1cc(Br)oc1C(=O)N1CCC([C@@H]2OCCC2C(=O)O)CC1. The molecule has 3 rings (SSSR count). The van der Waals surface area contributed by atoms with Crippen molar-refractivity contribution in [2.75, 3.05) is 19.7 Å². The van der Waals surface area contributed by atoms with Crippen LogP contribution in [0.4, 0.5) is 0 Å². The largest absolute Gasteiger partial charge is 0.481 e. The third-order valence-corrected chi connectivity index (χ3v) is 5.22. The normalized spacial score (nSPS) is 25.7. The quantitative estimate of drug-likeness (QED) is 0.864. The van der Waals surface area contributed by atoms with Crippen LogP contribution < -0.4 is 0 Å². The zero-order valence-electron chi connectivity index (χ0n) is 13.0. The van der Waals surface area contributed by atoms with Gasteiger partial charge in [0.1, 0.15) is 0 Å². The standard InChI is InChI=1S/C16H20BrNO5/c1-9-8-12(17)23-13(9)15(19)18-5-2-10(3-6-18)14-11(16(20)21)4-7-22-14/h8,10-11,14H,2-7H2,1H3,(H,20,21)/t11?,14-/m0/s1. The molecule has 1 aromatic heterocycles. The minimum absolute atomic E-state index is 0.103. The van der Waals surface area contributed by atoms with Crippen LogP contribution >= 0.6 is 15.9 Å². The van der Waals surface area contributed by atoms with Gasteiger partial charge in [-0.25, -0.2) is 0 Å². The van der Waals surface area contributed by atoms with Gasteiger partial charge in [0.05, 0.1) is 12.0 Å². The van der Waals surface area contributed by atoms with Crippen molar-refractivity contribution in [1.82, 2.24) is 4.90 Å². The molecule has 2 saturated heterocycles. The number of halogens is 1. The first kappa shape index (κ1) is 16.5. The fourth-order valence-corrected chi connectivity index (χ4v) is 4.08. The van der Waals surface area contributed by atoms with Gasteiger partial charge in [0, 0.05) is 25.3 Å². The second-order valence-corrected chi connectivity index (χ2v) is 7.04. The van der Waals surface area contributed by atoms with E-state index < -0.39 is 11.9 Å². The van der Waals surface area contributed by atoms with Gasteiger partial charge in [-0.1, -0.05) is 0 Å². The molecule has 0 aliphatic carbocycles. The molecule has 0 radical (unpaired) electrons. The van der Waals surface area contributed by atoms with Gasteiger partial charge < -0.3 is 19.2 Å². The lowest BCUT2D eigenvalue weighted by Crippen LogP contribution is -2.43. The summed E-state index contributed by atoms with van der Waals surface area (Å²) in [5.41, 5.74) is 0.814. The van der Waals surface area contributed by atoms with E-state index >= 15 is 0 Å². The molecule has 2 atom stereocenters. The average molecular weight is 386 g/mol. The molecule has 23 heavy (non-hydrogen) atoms. The summed E-state index contributed by atoms with van der Waals surface area (Å²) in [6.07, 6.45) is 1.89. The number of carbonyl (C=O) groups is 2. The number of aliphatic carboxylic acids is 1. The maximum absolute atomic E-state index is 12.5. The number of piperidine rings is 1. The van der Waals surface area contributed by atoms with Gasteiger partial charge in [-0.15, -0.1) is 0 Å². The summed E-state index contributed by atoms with van der Waals surface area (Å²) < 4.78 is 11.6. The minimum atomic E-state index is -0.776.